The topological polar surface area (TPSA) is 78.6 Å². The molecule has 1 fully saturated rings. The van der Waals surface area contributed by atoms with Crippen molar-refractivity contribution in [3.63, 3.8) is 0 Å². The first-order valence-electron chi connectivity index (χ1n) is 4.98. The third-order valence-electron chi connectivity index (χ3n) is 3.00. The Morgan fingerprint density at radius 1 is 1.20 bits per heavy atom. The van der Waals surface area contributed by atoms with Crippen molar-refractivity contribution in [2.75, 3.05) is 14.2 Å². The van der Waals surface area contributed by atoms with E-state index in [9.17, 15) is 9.59 Å². The van der Waals surface area contributed by atoms with Crippen LogP contribution in [0.25, 0.3) is 0 Å². The molecule has 0 aromatic heterocycles. The lowest BCUT2D eigenvalue weighted by atomic mass is 9.77. The van der Waals surface area contributed by atoms with E-state index < -0.39 is 11.5 Å². The van der Waals surface area contributed by atoms with Crippen LogP contribution in [0.2, 0.25) is 0 Å². The van der Waals surface area contributed by atoms with E-state index in [4.69, 9.17) is 5.73 Å². The number of hydrogen-bond donors (Lipinski definition) is 1. The summed E-state index contributed by atoms with van der Waals surface area (Å²) in [5.74, 6) is -0.746. The van der Waals surface area contributed by atoms with E-state index >= 15 is 0 Å². The molecule has 0 aromatic rings. The van der Waals surface area contributed by atoms with Crippen LogP contribution in [0.5, 0.6) is 0 Å². The Hall–Kier alpha value is -1.10. The number of carbonyl (C=O) groups excluding carboxylic acids is 2. The van der Waals surface area contributed by atoms with E-state index in [0.29, 0.717) is 25.7 Å². The average Bonchev–Trinajstić information content (AvgIpc) is 2.28. The fourth-order valence-electron chi connectivity index (χ4n) is 1.94. The summed E-state index contributed by atoms with van der Waals surface area (Å²) in [4.78, 5) is 22.6. The summed E-state index contributed by atoms with van der Waals surface area (Å²) in [6.07, 6.45) is 2.11. The Morgan fingerprint density at radius 2 is 1.73 bits per heavy atom. The van der Waals surface area contributed by atoms with Gasteiger partial charge in [0.1, 0.15) is 5.54 Å². The highest BCUT2D eigenvalue weighted by atomic mass is 16.5. The molecule has 0 heterocycles. The lowest BCUT2D eigenvalue weighted by molar-refractivity contribution is -0.153. The van der Waals surface area contributed by atoms with Gasteiger partial charge in [0, 0.05) is 0 Å². The van der Waals surface area contributed by atoms with Crippen LogP contribution in [-0.2, 0) is 19.1 Å². The standard InChI is InChI=1S/C10H17NO4/c1-14-8(12)7-3-5-10(11,6-4-7)9(13)15-2/h7H,3-6,11H2,1-2H3. The summed E-state index contributed by atoms with van der Waals surface area (Å²) in [7, 11) is 2.69. The van der Waals surface area contributed by atoms with Crippen molar-refractivity contribution < 1.29 is 19.1 Å². The Labute approximate surface area is 88.9 Å². The van der Waals surface area contributed by atoms with Crippen molar-refractivity contribution in [3.8, 4) is 0 Å². The second-order valence-corrected chi connectivity index (χ2v) is 3.95. The normalized spacial score (nSPS) is 30.7. The maximum atomic E-state index is 11.4. The molecule has 0 aliphatic heterocycles. The fourth-order valence-corrected chi connectivity index (χ4v) is 1.94. The number of hydrogen-bond acceptors (Lipinski definition) is 5. The molecular weight excluding hydrogens is 198 g/mol. The molecule has 0 aromatic carbocycles. The molecule has 15 heavy (non-hydrogen) atoms. The highest BCUT2D eigenvalue weighted by molar-refractivity contribution is 5.81. The second-order valence-electron chi connectivity index (χ2n) is 3.95. The molecule has 0 unspecified atom stereocenters. The molecule has 0 bridgehead atoms. The van der Waals surface area contributed by atoms with Crippen LogP contribution in [-0.4, -0.2) is 31.7 Å². The molecule has 0 spiro atoms. The molecule has 0 atom stereocenters. The maximum Gasteiger partial charge on any atom is 0.325 e. The van der Waals surface area contributed by atoms with E-state index in [1.165, 1.54) is 14.2 Å². The van der Waals surface area contributed by atoms with Crippen LogP contribution in [0.3, 0.4) is 0 Å². The van der Waals surface area contributed by atoms with E-state index in [1.54, 1.807) is 0 Å². The molecule has 1 saturated carbocycles. The second kappa shape index (κ2) is 4.61. The number of rotatable bonds is 2. The summed E-state index contributed by atoms with van der Waals surface area (Å²) < 4.78 is 9.28. The predicted molar refractivity (Wildman–Crippen MR) is 52.9 cm³/mol. The Bertz CT molecular complexity index is 256. The first kappa shape index (κ1) is 12.0. The average molecular weight is 215 g/mol. The molecule has 0 radical (unpaired) electrons. The van der Waals surface area contributed by atoms with Crippen molar-refractivity contribution in [1.29, 1.82) is 0 Å². The summed E-state index contributed by atoms with van der Waals surface area (Å²) in [5.41, 5.74) is 4.97. The molecule has 86 valence electrons. The Balaban J connectivity index is 2.55. The molecule has 2 N–H and O–H groups in total. The van der Waals surface area contributed by atoms with Gasteiger partial charge in [-0.1, -0.05) is 0 Å². The minimum atomic E-state index is -0.917. The Morgan fingerprint density at radius 3 is 2.13 bits per heavy atom. The van der Waals surface area contributed by atoms with Crippen molar-refractivity contribution in [1.82, 2.24) is 0 Å². The van der Waals surface area contributed by atoms with Gasteiger partial charge >= 0.3 is 11.9 Å². The molecule has 5 nitrogen and oxygen atoms in total. The third kappa shape index (κ3) is 2.47. The van der Waals surface area contributed by atoms with Crippen LogP contribution in [0, 0.1) is 5.92 Å². The zero-order valence-electron chi connectivity index (χ0n) is 9.12. The lowest BCUT2D eigenvalue weighted by Gasteiger charge is -2.33. The zero-order valence-corrected chi connectivity index (χ0v) is 9.12. The molecule has 1 rings (SSSR count). The minimum absolute atomic E-state index is 0.128. The van der Waals surface area contributed by atoms with Gasteiger partial charge in [-0.05, 0) is 25.7 Å². The van der Waals surface area contributed by atoms with Crippen molar-refractivity contribution in [3.05, 3.63) is 0 Å². The predicted octanol–water partition coefficient (Wildman–Crippen LogP) is 0.220. The lowest BCUT2D eigenvalue weighted by Crippen LogP contribution is -2.51. The summed E-state index contributed by atoms with van der Waals surface area (Å²) in [6, 6.07) is 0. The van der Waals surface area contributed by atoms with Gasteiger partial charge in [-0.3, -0.25) is 9.59 Å². The molecule has 1 aliphatic carbocycles. The number of carbonyl (C=O) groups is 2. The van der Waals surface area contributed by atoms with Gasteiger partial charge < -0.3 is 15.2 Å². The monoisotopic (exact) mass is 215 g/mol. The summed E-state index contributed by atoms with van der Waals surface area (Å²) >= 11 is 0. The van der Waals surface area contributed by atoms with Gasteiger partial charge in [0.15, 0.2) is 0 Å². The largest absolute Gasteiger partial charge is 0.469 e. The fraction of sp³-hybridized carbons (Fsp3) is 0.800. The van der Waals surface area contributed by atoms with Crippen LogP contribution in [0.15, 0.2) is 0 Å². The molecular formula is C10H17NO4. The van der Waals surface area contributed by atoms with Gasteiger partial charge in [-0.2, -0.15) is 0 Å². The van der Waals surface area contributed by atoms with Gasteiger partial charge in [0.05, 0.1) is 20.1 Å². The number of esters is 2. The first-order chi connectivity index (χ1) is 7.03. The SMILES string of the molecule is COC(=O)C1CCC(N)(C(=O)OC)CC1. The van der Waals surface area contributed by atoms with Crippen molar-refractivity contribution in [2.24, 2.45) is 11.7 Å². The quantitative estimate of drug-likeness (QED) is 0.667. The van der Waals surface area contributed by atoms with Gasteiger partial charge in [-0.15, -0.1) is 0 Å². The minimum Gasteiger partial charge on any atom is -0.469 e. The van der Waals surface area contributed by atoms with Crippen LogP contribution >= 0.6 is 0 Å². The molecule has 1 aliphatic rings. The maximum absolute atomic E-state index is 11.4. The summed E-state index contributed by atoms with van der Waals surface area (Å²) in [5, 5.41) is 0. The van der Waals surface area contributed by atoms with Gasteiger partial charge in [0.25, 0.3) is 0 Å². The smallest absolute Gasteiger partial charge is 0.325 e. The Kier molecular flexibility index (Phi) is 3.68. The molecule has 0 amide bonds. The van der Waals surface area contributed by atoms with Gasteiger partial charge in [0.2, 0.25) is 0 Å². The molecule has 0 saturated heterocycles. The van der Waals surface area contributed by atoms with Crippen molar-refractivity contribution >= 4 is 11.9 Å². The van der Waals surface area contributed by atoms with Crippen LogP contribution in [0.1, 0.15) is 25.7 Å². The van der Waals surface area contributed by atoms with E-state index in [-0.39, 0.29) is 11.9 Å². The van der Waals surface area contributed by atoms with Crippen molar-refractivity contribution in [2.45, 2.75) is 31.2 Å². The molecule has 5 heteroatoms. The zero-order chi connectivity index (χ0) is 11.5. The van der Waals surface area contributed by atoms with Crippen LogP contribution < -0.4 is 5.73 Å². The summed E-state index contributed by atoms with van der Waals surface area (Å²) in [6.45, 7) is 0. The van der Waals surface area contributed by atoms with E-state index in [2.05, 4.69) is 9.47 Å². The number of methoxy groups -OCH3 is 2. The highest BCUT2D eigenvalue weighted by Crippen LogP contribution is 2.31. The first-order valence-corrected chi connectivity index (χ1v) is 4.98. The van der Waals surface area contributed by atoms with Crippen LogP contribution in [0.4, 0.5) is 0 Å². The van der Waals surface area contributed by atoms with E-state index in [0.717, 1.165) is 0 Å². The number of nitrogens with two attached hydrogens (primary N) is 1. The third-order valence-corrected chi connectivity index (χ3v) is 3.00. The number of ether oxygens (including phenoxy) is 2. The van der Waals surface area contributed by atoms with Gasteiger partial charge in [-0.25, -0.2) is 0 Å². The highest BCUT2D eigenvalue weighted by Gasteiger charge is 2.41. The van der Waals surface area contributed by atoms with E-state index in [1.807, 2.05) is 0 Å².